The van der Waals surface area contributed by atoms with Gasteiger partial charge in [-0.3, -0.25) is 24.1 Å². The maximum Gasteiger partial charge on any atom is 0.306 e. The number of aliphatic carboxylic acids is 2. The molecule has 1 aliphatic heterocycles. The minimum atomic E-state index is -2.29. The molecule has 0 spiro atoms. The first-order valence-corrected chi connectivity index (χ1v) is 7.76. The van der Waals surface area contributed by atoms with Crippen LogP contribution in [0.15, 0.2) is 24.3 Å². The first-order chi connectivity index (χ1) is 11.6. The third-order valence-corrected chi connectivity index (χ3v) is 4.25. The molecule has 3 N–H and O–H groups in total. The highest BCUT2D eigenvalue weighted by atomic mass is 35.5. The van der Waals surface area contributed by atoms with Crippen LogP contribution in [0, 0.1) is 0 Å². The molecule has 2 amide bonds. The van der Waals surface area contributed by atoms with Crippen LogP contribution in [0.4, 0.5) is 0 Å². The van der Waals surface area contributed by atoms with Crippen molar-refractivity contribution in [2.45, 2.75) is 30.8 Å². The Kier molecular flexibility index (Phi) is 5.44. The van der Waals surface area contributed by atoms with Gasteiger partial charge in [0.05, 0.1) is 19.3 Å². The van der Waals surface area contributed by atoms with Crippen molar-refractivity contribution >= 4 is 35.4 Å². The van der Waals surface area contributed by atoms with Crippen LogP contribution in [-0.4, -0.2) is 56.1 Å². The highest BCUT2D eigenvalue weighted by Crippen LogP contribution is 2.31. The Morgan fingerprint density at radius 1 is 1.16 bits per heavy atom. The molecule has 25 heavy (non-hydrogen) atoms. The fraction of sp³-hybridized carbons (Fsp3) is 0.375. The number of carboxylic acid groups (broad SMARTS) is 2. The van der Waals surface area contributed by atoms with E-state index in [0.29, 0.717) is 10.6 Å². The summed E-state index contributed by atoms with van der Waals surface area (Å²) in [6, 6.07) is 6.29. The van der Waals surface area contributed by atoms with E-state index in [4.69, 9.17) is 21.8 Å². The lowest BCUT2D eigenvalue weighted by Gasteiger charge is -2.23. The molecule has 9 heteroatoms. The van der Waals surface area contributed by atoms with Crippen LogP contribution in [0.2, 0.25) is 5.02 Å². The molecule has 1 saturated heterocycles. The Morgan fingerprint density at radius 3 is 2.28 bits per heavy atom. The lowest BCUT2D eigenvalue weighted by molar-refractivity contribution is -0.154. The smallest absolute Gasteiger partial charge is 0.306 e. The number of carbonyl (C=O) groups excluding carboxylic acids is 2. The molecule has 2 atom stereocenters. The van der Waals surface area contributed by atoms with Crippen LogP contribution in [0.5, 0.6) is 0 Å². The molecule has 0 saturated carbocycles. The molecule has 0 radical (unpaired) electrons. The van der Waals surface area contributed by atoms with E-state index in [1.54, 1.807) is 24.3 Å². The molecule has 1 aromatic rings. The zero-order valence-electron chi connectivity index (χ0n) is 13.0. The van der Waals surface area contributed by atoms with Gasteiger partial charge in [-0.25, -0.2) is 0 Å². The summed E-state index contributed by atoms with van der Waals surface area (Å²) in [7, 11) is 0. The summed E-state index contributed by atoms with van der Waals surface area (Å²) in [5, 5.41) is 28.5. The van der Waals surface area contributed by atoms with E-state index >= 15 is 0 Å². The summed E-state index contributed by atoms with van der Waals surface area (Å²) >= 11 is 5.80. The van der Waals surface area contributed by atoms with Crippen LogP contribution in [0.3, 0.4) is 0 Å². The van der Waals surface area contributed by atoms with E-state index in [9.17, 15) is 24.3 Å². The van der Waals surface area contributed by atoms with Crippen molar-refractivity contribution in [2.24, 2.45) is 0 Å². The van der Waals surface area contributed by atoms with E-state index < -0.39 is 48.1 Å². The normalized spacial score (nSPS) is 21.4. The van der Waals surface area contributed by atoms with E-state index in [1.165, 1.54) is 0 Å². The van der Waals surface area contributed by atoms with Gasteiger partial charge in [0.1, 0.15) is 0 Å². The lowest BCUT2D eigenvalue weighted by Crippen LogP contribution is -2.43. The molecular weight excluding hydrogens is 354 g/mol. The van der Waals surface area contributed by atoms with Gasteiger partial charge in [-0.05, 0) is 17.7 Å². The quantitative estimate of drug-likeness (QED) is 0.607. The van der Waals surface area contributed by atoms with Gasteiger partial charge in [-0.2, -0.15) is 0 Å². The summed E-state index contributed by atoms with van der Waals surface area (Å²) < 4.78 is 0. The van der Waals surface area contributed by atoms with Gasteiger partial charge in [0, 0.05) is 17.5 Å². The van der Waals surface area contributed by atoms with Crippen molar-refractivity contribution in [1.29, 1.82) is 0 Å². The van der Waals surface area contributed by atoms with E-state index in [0.717, 1.165) is 4.90 Å². The molecule has 1 heterocycles. The average molecular weight is 370 g/mol. The van der Waals surface area contributed by atoms with E-state index in [1.807, 2.05) is 0 Å². The molecular formula is C16H16ClNO7. The first-order valence-electron chi connectivity index (χ1n) is 7.38. The van der Waals surface area contributed by atoms with Crippen molar-refractivity contribution in [3.63, 3.8) is 0 Å². The molecule has 0 bridgehead atoms. The van der Waals surface area contributed by atoms with Gasteiger partial charge in [0.15, 0.2) is 5.60 Å². The summed E-state index contributed by atoms with van der Waals surface area (Å²) in [4.78, 5) is 47.0. The first kappa shape index (κ1) is 18.9. The number of aliphatic hydroxyl groups is 1. The minimum Gasteiger partial charge on any atom is -0.481 e. The second-order valence-corrected chi connectivity index (χ2v) is 6.37. The summed E-state index contributed by atoms with van der Waals surface area (Å²) in [6.07, 6.45) is -1.88. The molecule has 1 aromatic carbocycles. The molecule has 0 aliphatic carbocycles. The van der Waals surface area contributed by atoms with Crippen molar-refractivity contribution < 1.29 is 34.5 Å². The predicted molar refractivity (Wildman–Crippen MR) is 85.0 cm³/mol. The highest BCUT2D eigenvalue weighted by molar-refractivity contribution is 6.30. The molecule has 2 rings (SSSR count). The van der Waals surface area contributed by atoms with Crippen LogP contribution < -0.4 is 0 Å². The second-order valence-electron chi connectivity index (χ2n) is 5.93. The standard InChI is InChI=1S/C16H16ClNO7/c17-11-3-1-9(2-4-11)10(5-13(20)21)8-18-12(19)6-16(25,15(18)24)7-14(22)23/h1-4,10,25H,5-8H2,(H,20,21)(H,22,23). The van der Waals surface area contributed by atoms with E-state index in [-0.39, 0.29) is 13.0 Å². The Morgan fingerprint density at radius 2 is 1.76 bits per heavy atom. The molecule has 2 unspecified atom stereocenters. The number of nitrogens with zero attached hydrogens (tertiary/aromatic N) is 1. The number of amides is 2. The van der Waals surface area contributed by atoms with Gasteiger partial charge < -0.3 is 15.3 Å². The third kappa shape index (κ3) is 4.34. The fourth-order valence-electron chi connectivity index (χ4n) is 2.81. The summed E-state index contributed by atoms with van der Waals surface area (Å²) in [5.74, 6) is -5.01. The maximum absolute atomic E-state index is 12.3. The predicted octanol–water partition coefficient (Wildman–Crippen LogP) is 0.863. The number of carbonyl (C=O) groups is 4. The Hall–Kier alpha value is -2.45. The fourth-order valence-corrected chi connectivity index (χ4v) is 2.94. The number of imide groups is 1. The summed E-state index contributed by atoms with van der Waals surface area (Å²) in [6.45, 7) is -0.270. The van der Waals surface area contributed by atoms with Crippen molar-refractivity contribution in [3.05, 3.63) is 34.9 Å². The van der Waals surface area contributed by atoms with Gasteiger partial charge in [-0.15, -0.1) is 0 Å². The minimum absolute atomic E-state index is 0.270. The molecule has 8 nitrogen and oxygen atoms in total. The van der Waals surface area contributed by atoms with Gasteiger partial charge in [0.2, 0.25) is 5.91 Å². The lowest BCUT2D eigenvalue weighted by atomic mass is 9.94. The van der Waals surface area contributed by atoms with Crippen LogP contribution in [-0.2, 0) is 19.2 Å². The SMILES string of the molecule is O=C(O)CC(CN1C(=O)CC(O)(CC(=O)O)C1=O)c1ccc(Cl)cc1. The number of carboxylic acids is 2. The Labute approximate surface area is 147 Å². The zero-order valence-corrected chi connectivity index (χ0v) is 13.8. The number of likely N-dealkylation sites (tertiary alicyclic amines) is 1. The number of halogens is 1. The largest absolute Gasteiger partial charge is 0.481 e. The number of hydrogen-bond acceptors (Lipinski definition) is 5. The average Bonchev–Trinajstić information content (AvgIpc) is 2.69. The molecule has 1 aliphatic rings. The van der Waals surface area contributed by atoms with Gasteiger partial charge >= 0.3 is 11.9 Å². The van der Waals surface area contributed by atoms with Crippen LogP contribution >= 0.6 is 11.6 Å². The van der Waals surface area contributed by atoms with Gasteiger partial charge in [-0.1, -0.05) is 23.7 Å². The molecule has 0 aromatic heterocycles. The third-order valence-electron chi connectivity index (χ3n) is 4.00. The van der Waals surface area contributed by atoms with Crippen molar-refractivity contribution in [3.8, 4) is 0 Å². The molecule has 134 valence electrons. The zero-order chi connectivity index (χ0) is 18.8. The number of benzene rings is 1. The number of rotatable bonds is 7. The highest BCUT2D eigenvalue weighted by Gasteiger charge is 2.52. The maximum atomic E-state index is 12.3. The van der Waals surface area contributed by atoms with E-state index in [2.05, 4.69) is 0 Å². The summed E-state index contributed by atoms with van der Waals surface area (Å²) in [5.41, 5.74) is -1.74. The van der Waals surface area contributed by atoms with Crippen molar-refractivity contribution in [1.82, 2.24) is 4.90 Å². The number of hydrogen-bond donors (Lipinski definition) is 3. The van der Waals surface area contributed by atoms with Gasteiger partial charge in [0.25, 0.3) is 5.91 Å². The second kappa shape index (κ2) is 7.20. The van der Waals surface area contributed by atoms with Crippen LogP contribution in [0.1, 0.15) is 30.7 Å². The van der Waals surface area contributed by atoms with Crippen molar-refractivity contribution in [2.75, 3.05) is 6.54 Å². The molecule has 1 fully saturated rings. The van der Waals surface area contributed by atoms with Crippen LogP contribution in [0.25, 0.3) is 0 Å². The Balaban J connectivity index is 2.24. The monoisotopic (exact) mass is 369 g/mol. The topological polar surface area (TPSA) is 132 Å². The Bertz CT molecular complexity index is 718.